The van der Waals surface area contributed by atoms with Crippen molar-refractivity contribution in [1.29, 1.82) is 0 Å². The second-order valence-electron chi connectivity index (χ2n) is 4.65. The van der Waals surface area contributed by atoms with Gasteiger partial charge < -0.3 is 9.64 Å². The molecule has 0 bridgehead atoms. The second-order valence-corrected chi connectivity index (χ2v) is 6.15. The van der Waals surface area contributed by atoms with E-state index in [9.17, 15) is 8.42 Å². The van der Waals surface area contributed by atoms with Crippen LogP contribution in [0, 0.1) is 0 Å². The van der Waals surface area contributed by atoms with Gasteiger partial charge in [0.25, 0.3) is 10.2 Å². The largest absolute Gasteiger partial charge is 0.378 e. The molecule has 2 rings (SSSR count). The number of hydrogen-bond acceptors (Lipinski definition) is 4. The highest BCUT2D eigenvalue weighted by Crippen LogP contribution is 2.20. The number of nitrogens with one attached hydrogen (secondary N) is 2. The summed E-state index contributed by atoms with van der Waals surface area (Å²) in [6.45, 7) is 5.40. The molecule has 0 radical (unpaired) electrons. The molecule has 1 aliphatic heterocycles. The maximum atomic E-state index is 11.8. The van der Waals surface area contributed by atoms with E-state index < -0.39 is 10.2 Å². The van der Waals surface area contributed by atoms with Crippen LogP contribution in [0.2, 0.25) is 0 Å². The smallest absolute Gasteiger partial charge is 0.299 e. The Labute approximate surface area is 120 Å². The maximum absolute atomic E-state index is 11.8. The summed E-state index contributed by atoms with van der Waals surface area (Å²) in [5.74, 6) is 0. The quantitative estimate of drug-likeness (QED) is 0.827. The van der Waals surface area contributed by atoms with Gasteiger partial charge in [-0.1, -0.05) is 13.0 Å². The van der Waals surface area contributed by atoms with E-state index in [0.29, 0.717) is 25.4 Å². The topological polar surface area (TPSA) is 70.7 Å². The zero-order valence-corrected chi connectivity index (χ0v) is 12.4. The highest BCUT2D eigenvalue weighted by atomic mass is 32.2. The average molecular weight is 299 g/mol. The molecule has 1 aromatic rings. The zero-order chi connectivity index (χ0) is 14.4. The molecule has 112 valence electrons. The summed E-state index contributed by atoms with van der Waals surface area (Å²) in [5.41, 5.74) is 1.57. The van der Waals surface area contributed by atoms with Crippen LogP contribution in [-0.4, -0.2) is 41.3 Å². The van der Waals surface area contributed by atoms with E-state index in [0.717, 1.165) is 25.2 Å². The van der Waals surface area contributed by atoms with Crippen molar-refractivity contribution < 1.29 is 13.2 Å². The summed E-state index contributed by atoms with van der Waals surface area (Å²) in [7, 11) is -3.49. The molecule has 1 aliphatic rings. The van der Waals surface area contributed by atoms with Crippen molar-refractivity contribution >= 4 is 21.6 Å². The van der Waals surface area contributed by atoms with E-state index in [1.165, 1.54) is 0 Å². The van der Waals surface area contributed by atoms with Gasteiger partial charge in [0, 0.05) is 25.3 Å². The minimum Gasteiger partial charge on any atom is -0.378 e. The highest BCUT2D eigenvalue weighted by molar-refractivity contribution is 7.90. The van der Waals surface area contributed by atoms with Gasteiger partial charge in [0.2, 0.25) is 0 Å². The first-order valence-electron chi connectivity index (χ1n) is 6.81. The Bertz CT molecular complexity index is 527. The fourth-order valence-electron chi connectivity index (χ4n) is 2.02. The lowest BCUT2D eigenvalue weighted by Crippen LogP contribution is -2.36. The number of hydrogen-bond donors (Lipinski definition) is 2. The average Bonchev–Trinajstić information content (AvgIpc) is 2.46. The fourth-order valence-corrected chi connectivity index (χ4v) is 3.00. The minimum atomic E-state index is -3.49. The van der Waals surface area contributed by atoms with Gasteiger partial charge in [-0.25, -0.2) is 0 Å². The van der Waals surface area contributed by atoms with Crippen molar-refractivity contribution in [3.8, 4) is 0 Å². The maximum Gasteiger partial charge on any atom is 0.299 e. The Morgan fingerprint density at radius 1 is 1.30 bits per heavy atom. The molecule has 6 nitrogen and oxygen atoms in total. The van der Waals surface area contributed by atoms with Crippen LogP contribution in [0.3, 0.4) is 0 Å². The van der Waals surface area contributed by atoms with Crippen LogP contribution in [0.5, 0.6) is 0 Å². The van der Waals surface area contributed by atoms with Crippen LogP contribution in [0.25, 0.3) is 0 Å². The SMILES string of the molecule is CCCNS(=O)(=O)Nc1cccc(N2CCOCC2)c1. The third kappa shape index (κ3) is 4.36. The number of nitrogens with zero attached hydrogens (tertiary/aromatic N) is 1. The Kier molecular flexibility index (Phi) is 5.22. The molecule has 2 N–H and O–H groups in total. The van der Waals surface area contributed by atoms with E-state index >= 15 is 0 Å². The molecule has 0 atom stereocenters. The van der Waals surface area contributed by atoms with Crippen LogP contribution in [-0.2, 0) is 14.9 Å². The molecule has 20 heavy (non-hydrogen) atoms. The number of morpholine rings is 1. The number of anilines is 2. The highest BCUT2D eigenvalue weighted by Gasteiger charge is 2.13. The Morgan fingerprint density at radius 2 is 2.05 bits per heavy atom. The summed E-state index contributed by atoms with van der Waals surface area (Å²) < 4.78 is 33.9. The molecule has 1 heterocycles. The summed E-state index contributed by atoms with van der Waals surface area (Å²) >= 11 is 0. The van der Waals surface area contributed by atoms with Crippen molar-refractivity contribution in [2.24, 2.45) is 0 Å². The van der Waals surface area contributed by atoms with Crippen LogP contribution < -0.4 is 14.3 Å². The third-order valence-electron chi connectivity index (χ3n) is 3.02. The summed E-state index contributed by atoms with van der Waals surface area (Å²) in [6.07, 6.45) is 0.759. The van der Waals surface area contributed by atoms with Crippen molar-refractivity contribution in [2.75, 3.05) is 42.5 Å². The second kappa shape index (κ2) is 6.92. The van der Waals surface area contributed by atoms with Crippen molar-refractivity contribution in [3.05, 3.63) is 24.3 Å². The molecule has 0 spiro atoms. The van der Waals surface area contributed by atoms with E-state index in [1.807, 2.05) is 25.1 Å². The summed E-state index contributed by atoms with van der Waals surface area (Å²) in [5, 5.41) is 0. The first kappa shape index (κ1) is 15.1. The van der Waals surface area contributed by atoms with Gasteiger partial charge in [0.15, 0.2) is 0 Å². The summed E-state index contributed by atoms with van der Waals surface area (Å²) in [6, 6.07) is 7.41. The zero-order valence-electron chi connectivity index (χ0n) is 11.6. The summed E-state index contributed by atoms with van der Waals surface area (Å²) in [4.78, 5) is 2.18. The van der Waals surface area contributed by atoms with Gasteiger partial charge in [-0.05, 0) is 24.6 Å². The molecule has 0 aromatic heterocycles. The van der Waals surface area contributed by atoms with E-state index in [1.54, 1.807) is 6.07 Å². The predicted octanol–water partition coefficient (Wildman–Crippen LogP) is 1.18. The fraction of sp³-hybridized carbons (Fsp3) is 0.538. The number of ether oxygens (including phenoxy) is 1. The van der Waals surface area contributed by atoms with Gasteiger partial charge in [-0.3, -0.25) is 4.72 Å². The monoisotopic (exact) mass is 299 g/mol. The number of rotatable bonds is 6. The standard InChI is InChI=1S/C13H21N3O3S/c1-2-6-14-20(17,18)15-12-4-3-5-13(11-12)16-7-9-19-10-8-16/h3-5,11,14-15H,2,6-10H2,1H3. The predicted molar refractivity (Wildman–Crippen MR) is 80.3 cm³/mol. The van der Waals surface area contributed by atoms with Gasteiger partial charge in [-0.2, -0.15) is 13.1 Å². The molecular formula is C13H21N3O3S. The minimum absolute atomic E-state index is 0.429. The normalized spacial score (nSPS) is 16.1. The third-order valence-corrected chi connectivity index (χ3v) is 4.11. The van der Waals surface area contributed by atoms with E-state index in [4.69, 9.17) is 4.74 Å². The lowest BCUT2D eigenvalue weighted by Gasteiger charge is -2.29. The van der Waals surface area contributed by atoms with Crippen molar-refractivity contribution in [2.45, 2.75) is 13.3 Å². The van der Waals surface area contributed by atoms with Gasteiger partial charge in [0.1, 0.15) is 0 Å². The van der Waals surface area contributed by atoms with Crippen molar-refractivity contribution in [1.82, 2.24) is 4.72 Å². The first-order chi connectivity index (χ1) is 9.61. The molecular weight excluding hydrogens is 278 g/mol. The Balaban J connectivity index is 2.05. The van der Waals surface area contributed by atoms with E-state index in [2.05, 4.69) is 14.3 Å². The van der Waals surface area contributed by atoms with E-state index in [-0.39, 0.29) is 0 Å². The first-order valence-corrected chi connectivity index (χ1v) is 8.29. The van der Waals surface area contributed by atoms with Crippen LogP contribution in [0.4, 0.5) is 11.4 Å². The molecule has 0 aliphatic carbocycles. The Morgan fingerprint density at radius 3 is 2.75 bits per heavy atom. The molecule has 1 aromatic carbocycles. The molecule has 0 unspecified atom stereocenters. The molecule has 1 saturated heterocycles. The van der Waals surface area contributed by atoms with Gasteiger partial charge in [-0.15, -0.1) is 0 Å². The molecule has 0 saturated carbocycles. The van der Waals surface area contributed by atoms with Crippen LogP contribution in [0.15, 0.2) is 24.3 Å². The van der Waals surface area contributed by atoms with Gasteiger partial charge >= 0.3 is 0 Å². The molecule has 0 amide bonds. The van der Waals surface area contributed by atoms with Gasteiger partial charge in [0.05, 0.1) is 18.9 Å². The lowest BCUT2D eigenvalue weighted by molar-refractivity contribution is 0.122. The lowest BCUT2D eigenvalue weighted by atomic mass is 10.2. The Hall–Kier alpha value is -1.31. The molecule has 7 heteroatoms. The number of benzene rings is 1. The van der Waals surface area contributed by atoms with Crippen LogP contribution in [0.1, 0.15) is 13.3 Å². The van der Waals surface area contributed by atoms with Crippen LogP contribution >= 0.6 is 0 Å². The molecule has 1 fully saturated rings. The van der Waals surface area contributed by atoms with Crippen molar-refractivity contribution in [3.63, 3.8) is 0 Å².